The van der Waals surface area contributed by atoms with Crippen LogP contribution in [-0.4, -0.2) is 23.3 Å². The highest BCUT2D eigenvalue weighted by Crippen LogP contribution is 2.17. The number of nitrogens with one attached hydrogen (secondary N) is 1. The van der Waals surface area contributed by atoms with Crippen molar-refractivity contribution < 1.29 is 9.53 Å². The summed E-state index contributed by atoms with van der Waals surface area (Å²) in [6, 6.07) is 18.5. The Hall–Kier alpha value is -2.57. The van der Waals surface area contributed by atoms with E-state index in [-0.39, 0.29) is 12.5 Å². The van der Waals surface area contributed by atoms with Crippen LogP contribution >= 0.6 is 27.5 Å². The molecule has 0 saturated heterocycles. The van der Waals surface area contributed by atoms with E-state index in [9.17, 15) is 4.79 Å². The van der Waals surface area contributed by atoms with Gasteiger partial charge >= 0.3 is 0 Å². The van der Waals surface area contributed by atoms with E-state index in [0.29, 0.717) is 10.8 Å². The average molecular weight is 433 g/mol. The van der Waals surface area contributed by atoms with Crippen molar-refractivity contribution in [2.75, 3.05) is 6.61 Å². The maximum absolute atomic E-state index is 11.8. The second kappa shape index (κ2) is 8.69. The highest BCUT2D eigenvalue weighted by Gasteiger charge is 2.03. The van der Waals surface area contributed by atoms with Gasteiger partial charge in [0.05, 0.1) is 11.9 Å². The summed E-state index contributed by atoms with van der Waals surface area (Å²) in [6.45, 7) is -0.119. The lowest BCUT2D eigenvalue weighted by atomic mass is 10.3. The molecule has 1 aromatic heterocycles. The molecule has 0 aliphatic rings. The molecule has 0 bridgehead atoms. The van der Waals surface area contributed by atoms with E-state index < -0.39 is 0 Å². The fourth-order valence-electron chi connectivity index (χ4n) is 2.24. The smallest absolute Gasteiger partial charge is 0.277 e. The van der Waals surface area contributed by atoms with Gasteiger partial charge in [0, 0.05) is 21.4 Å². The molecule has 0 aliphatic heterocycles. The Labute approximate surface area is 164 Å². The monoisotopic (exact) mass is 431 g/mol. The van der Waals surface area contributed by atoms with E-state index in [1.165, 1.54) is 0 Å². The number of halogens is 2. The summed E-state index contributed by atoms with van der Waals surface area (Å²) < 4.78 is 8.23. The first kappa shape index (κ1) is 18.2. The molecule has 0 saturated carbocycles. The Morgan fingerprint density at radius 1 is 1.19 bits per heavy atom. The maximum Gasteiger partial charge on any atom is 0.277 e. The predicted molar refractivity (Wildman–Crippen MR) is 106 cm³/mol. The van der Waals surface area contributed by atoms with Crippen molar-refractivity contribution in [2.24, 2.45) is 5.10 Å². The van der Waals surface area contributed by atoms with Gasteiger partial charge in [-0.25, -0.2) is 5.43 Å². The average Bonchev–Trinajstić information content (AvgIpc) is 3.09. The predicted octanol–water partition coefficient (Wildman–Crippen LogP) is 4.42. The van der Waals surface area contributed by atoms with Gasteiger partial charge in [-0.3, -0.25) is 4.79 Å². The van der Waals surface area contributed by atoms with Crippen LogP contribution < -0.4 is 10.2 Å². The number of aromatic nitrogens is 1. The van der Waals surface area contributed by atoms with Gasteiger partial charge in [0.15, 0.2) is 6.61 Å². The van der Waals surface area contributed by atoms with Crippen molar-refractivity contribution in [3.8, 4) is 11.4 Å². The minimum absolute atomic E-state index is 0.119. The van der Waals surface area contributed by atoms with Crippen molar-refractivity contribution in [1.82, 2.24) is 9.99 Å². The highest BCUT2D eigenvalue weighted by atomic mass is 79.9. The van der Waals surface area contributed by atoms with Crippen LogP contribution in [0.4, 0.5) is 0 Å². The molecular formula is C19H15BrClN3O2. The minimum atomic E-state index is -0.342. The van der Waals surface area contributed by atoms with E-state index in [1.54, 1.807) is 18.3 Å². The number of rotatable bonds is 6. The first-order valence-corrected chi connectivity index (χ1v) is 8.92. The number of benzene rings is 2. The Balaban J connectivity index is 1.56. The van der Waals surface area contributed by atoms with Gasteiger partial charge in [0.25, 0.3) is 5.91 Å². The minimum Gasteiger partial charge on any atom is -0.484 e. The van der Waals surface area contributed by atoms with Gasteiger partial charge in [-0.05, 0) is 54.6 Å². The summed E-state index contributed by atoms with van der Waals surface area (Å²) in [7, 11) is 0. The number of amides is 1. The van der Waals surface area contributed by atoms with Crippen LogP contribution in [0.25, 0.3) is 5.69 Å². The second-order valence-electron chi connectivity index (χ2n) is 5.32. The number of carbonyl (C=O) groups excluding carboxylic acids is 1. The maximum atomic E-state index is 11.8. The summed E-state index contributed by atoms with van der Waals surface area (Å²) in [6.07, 6.45) is 3.48. The Kier molecular flexibility index (Phi) is 6.09. The Bertz CT molecular complexity index is 923. The van der Waals surface area contributed by atoms with E-state index >= 15 is 0 Å². The summed E-state index contributed by atoms with van der Waals surface area (Å²) in [4.78, 5) is 11.8. The van der Waals surface area contributed by atoms with Gasteiger partial charge in [-0.1, -0.05) is 33.6 Å². The Morgan fingerprint density at radius 2 is 2.00 bits per heavy atom. The Morgan fingerprint density at radius 3 is 2.77 bits per heavy atom. The number of hydrogen-bond donors (Lipinski definition) is 1. The molecule has 0 aliphatic carbocycles. The first-order valence-electron chi connectivity index (χ1n) is 7.75. The molecule has 7 heteroatoms. The van der Waals surface area contributed by atoms with Crippen LogP contribution in [0.3, 0.4) is 0 Å². The van der Waals surface area contributed by atoms with Crippen LogP contribution in [0.15, 0.2) is 76.4 Å². The first-order chi connectivity index (χ1) is 12.6. The van der Waals surface area contributed by atoms with Crippen LogP contribution in [-0.2, 0) is 4.79 Å². The second-order valence-corrected chi connectivity index (χ2v) is 6.67. The van der Waals surface area contributed by atoms with Crippen molar-refractivity contribution in [3.05, 3.63) is 82.0 Å². The van der Waals surface area contributed by atoms with Crippen LogP contribution in [0.2, 0.25) is 5.02 Å². The zero-order chi connectivity index (χ0) is 18.4. The molecule has 1 amide bonds. The van der Waals surface area contributed by atoms with Gasteiger partial charge < -0.3 is 9.30 Å². The highest BCUT2D eigenvalue weighted by molar-refractivity contribution is 9.10. The third-order valence-corrected chi connectivity index (χ3v) is 4.18. The molecular weight excluding hydrogens is 418 g/mol. The van der Waals surface area contributed by atoms with E-state index in [1.807, 2.05) is 59.3 Å². The molecule has 1 heterocycles. The molecule has 2 aromatic carbocycles. The summed E-state index contributed by atoms with van der Waals surface area (Å²) in [5, 5.41) is 4.66. The fourth-order valence-corrected chi connectivity index (χ4v) is 2.75. The normalized spacial score (nSPS) is 10.8. The van der Waals surface area contributed by atoms with Crippen LogP contribution in [0.1, 0.15) is 5.69 Å². The fraction of sp³-hybridized carbons (Fsp3) is 0.0526. The van der Waals surface area contributed by atoms with Crippen molar-refractivity contribution in [3.63, 3.8) is 0 Å². The number of carbonyl (C=O) groups is 1. The number of ether oxygens (including phenoxy) is 1. The summed E-state index contributed by atoms with van der Waals surface area (Å²) in [5.41, 5.74) is 4.22. The standard InChI is InChI=1S/C19H15BrClN3O2/c20-14-3-1-5-18(11-14)26-13-19(25)23-22-12-17-4-2-10-24(17)16-8-6-15(21)7-9-16/h1-12H,13H2,(H,23,25)/b22-12+. The number of hydrazone groups is 1. The topological polar surface area (TPSA) is 55.6 Å². The molecule has 3 rings (SSSR count). The third kappa shape index (κ3) is 4.97. The molecule has 5 nitrogen and oxygen atoms in total. The molecule has 132 valence electrons. The molecule has 0 unspecified atom stereocenters. The number of nitrogens with zero attached hydrogens (tertiary/aromatic N) is 2. The molecule has 0 radical (unpaired) electrons. The lowest BCUT2D eigenvalue weighted by molar-refractivity contribution is -0.123. The van der Waals surface area contributed by atoms with Gasteiger partial charge in [0.1, 0.15) is 5.75 Å². The largest absolute Gasteiger partial charge is 0.484 e. The van der Waals surface area contributed by atoms with E-state index in [0.717, 1.165) is 15.9 Å². The molecule has 1 N–H and O–H groups in total. The summed E-state index contributed by atoms with van der Waals surface area (Å²) >= 11 is 9.27. The van der Waals surface area contributed by atoms with Gasteiger partial charge in [-0.2, -0.15) is 5.10 Å². The quantitative estimate of drug-likeness (QED) is 0.463. The molecule has 0 atom stereocenters. The zero-order valence-electron chi connectivity index (χ0n) is 13.6. The molecule has 26 heavy (non-hydrogen) atoms. The lowest BCUT2D eigenvalue weighted by Gasteiger charge is -2.07. The van der Waals surface area contributed by atoms with E-state index in [4.69, 9.17) is 16.3 Å². The van der Waals surface area contributed by atoms with Crippen molar-refractivity contribution in [2.45, 2.75) is 0 Å². The molecule has 3 aromatic rings. The van der Waals surface area contributed by atoms with Gasteiger partial charge in [0.2, 0.25) is 0 Å². The molecule has 0 fully saturated rings. The third-order valence-electron chi connectivity index (χ3n) is 3.44. The van der Waals surface area contributed by atoms with Crippen molar-refractivity contribution in [1.29, 1.82) is 0 Å². The summed E-state index contributed by atoms with van der Waals surface area (Å²) in [5.74, 6) is 0.265. The SMILES string of the molecule is O=C(COc1cccc(Br)c1)N/N=C/c1cccn1-c1ccc(Cl)cc1. The number of hydrogen-bond acceptors (Lipinski definition) is 3. The van der Waals surface area contributed by atoms with Crippen LogP contribution in [0, 0.1) is 0 Å². The van der Waals surface area contributed by atoms with E-state index in [2.05, 4.69) is 26.5 Å². The lowest BCUT2D eigenvalue weighted by Crippen LogP contribution is -2.24. The van der Waals surface area contributed by atoms with Gasteiger partial charge in [-0.15, -0.1) is 0 Å². The van der Waals surface area contributed by atoms with Crippen LogP contribution in [0.5, 0.6) is 5.75 Å². The molecule has 0 spiro atoms. The zero-order valence-corrected chi connectivity index (χ0v) is 15.9. The van der Waals surface area contributed by atoms with Crippen molar-refractivity contribution >= 4 is 39.7 Å².